The second-order valence-corrected chi connectivity index (χ2v) is 11.5. The molecular weight excluding hydrogens is 634 g/mol. The first kappa shape index (κ1) is 31.7. The monoisotopic (exact) mass is 656 g/mol. The van der Waals surface area contributed by atoms with Gasteiger partial charge >= 0.3 is 12.7 Å². The number of hydrogen-bond acceptors (Lipinski definition) is 9. The fraction of sp³-hybridized carbons (Fsp3) is 0.259. The average Bonchev–Trinajstić information content (AvgIpc) is 2.98. The van der Waals surface area contributed by atoms with E-state index in [4.69, 9.17) is 0 Å². The first-order valence-corrected chi connectivity index (χ1v) is 14.4. The number of hydrogen-bond donors (Lipinski definition) is 1. The summed E-state index contributed by atoms with van der Waals surface area (Å²) in [5.74, 6) is -1.43. The molecule has 1 fully saturated rings. The minimum atomic E-state index is -4.98. The Balaban J connectivity index is 1.38. The van der Waals surface area contributed by atoms with Crippen LogP contribution in [0.25, 0.3) is 11.2 Å². The predicted molar refractivity (Wildman–Crippen MR) is 145 cm³/mol. The van der Waals surface area contributed by atoms with Gasteiger partial charge in [-0.1, -0.05) is 12.1 Å². The van der Waals surface area contributed by atoms with Crippen LogP contribution in [0.1, 0.15) is 5.56 Å². The molecule has 0 aliphatic carbocycles. The minimum absolute atomic E-state index is 0.0950. The highest BCUT2D eigenvalue weighted by Crippen LogP contribution is 2.28. The Morgan fingerprint density at radius 2 is 1.44 bits per heavy atom. The SMILES string of the molecule is O=C(NCc1ccc(OC(F)(F)F)cc1)[C@H]1CN(c2ccc3nccnc3n2)CCN1S(=O)(=O)c1ccc(OC(F)(F)F)cc1. The molecular formula is C27H22F6N6O5S. The maximum Gasteiger partial charge on any atom is 0.573 e. The molecule has 1 atom stereocenters. The summed E-state index contributed by atoms with van der Waals surface area (Å²) in [6.45, 7) is -0.442. The first-order valence-electron chi connectivity index (χ1n) is 13.0. The fourth-order valence-electron chi connectivity index (χ4n) is 4.56. The lowest BCUT2D eigenvalue weighted by Gasteiger charge is -2.40. The second kappa shape index (κ2) is 12.4. The Bertz CT molecular complexity index is 1770. The highest BCUT2D eigenvalue weighted by molar-refractivity contribution is 7.89. The van der Waals surface area contributed by atoms with Crippen molar-refractivity contribution in [3.8, 4) is 11.5 Å². The lowest BCUT2D eigenvalue weighted by atomic mass is 10.1. The normalized spacial score (nSPS) is 16.4. The number of carbonyl (C=O) groups is 1. The Hall–Kier alpha value is -4.71. The highest BCUT2D eigenvalue weighted by atomic mass is 32.2. The molecule has 4 aromatic rings. The van der Waals surface area contributed by atoms with E-state index in [1.165, 1.54) is 24.5 Å². The average molecular weight is 657 g/mol. The fourth-order valence-corrected chi connectivity index (χ4v) is 6.13. The summed E-state index contributed by atoms with van der Waals surface area (Å²) in [7, 11) is -4.42. The van der Waals surface area contributed by atoms with E-state index in [1.807, 2.05) is 0 Å². The standard InChI is InChI=1S/C27H22F6N6O5S/c28-26(29,30)43-18-3-1-17(2-4-18)15-36-25(40)22-16-38(23-10-9-21-24(37-23)35-12-11-34-21)13-14-39(22)45(41,42)20-7-5-19(6-8-20)44-27(31,32)33/h1-12,22H,13-16H2,(H,36,40)/t22-/m1/s1. The number of fused-ring (bicyclic) bond motifs is 1. The van der Waals surface area contributed by atoms with Crippen LogP contribution in [0, 0.1) is 0 Å². The number of ether oxygens (including phenoxy) is 2. The van der Waals surface area contributed by atoms with Crippen LogP contribution in [0.5, 0.6) is 11.5 Å². The third-order valence-corrected chi connectivity index (χ3v) is 8.48. The number of carbonyl (C=O) groups excluding carboxylic acids is 1. The number of alkyl halides is 6. The Morgan fingerprint density at radius 3 is 2.07 bits per heavy atom. The third kappa shape index (κ3) is 7.88. The van der Waals surface area contributed by atoms with E-state index in [0.717, 1.165) is 40.7 Å². The van der Waals surface area contributed by atoms with Crippen molar-refractivity contribution >= 4 is 32.9 Å². The van der Waals surface area contributed by atoms with Crippen LogP contribution in [0.4, 0.5) is 32.2 Å². The molecule has 3 heterocycles. The molecule has 1 N–H and O–H groups in total. The number of amides is 1. The molecule has 45 heavy (non-hydrogen) atoms. The summed E-state index contributed by atoms with van der Waals surface area (Å²) in [5.41, 5.74) is 1.24. The van der Waals surface area contributed by atoms with Gasteiger partial charge in [0.05, 0.1) is 4.90 Å². The first-order chi connectivity index (χ1) is 21.2. The molecule has 1 aliphatic rings. The van der Waals surface area contributed by atoms with Crippen LogP contribution in [-0.4, -0.2) is 72.0 Å². The van der Waals surface area contributed by atoms with E-state index in [-0.39, 0.29) is 31.1 Å². The van der Waals surface area contributed by atoms with Crippen LogP contribution >= 0.6 is 0 Å². The van der Waals surface area contributed by atoms with E-state index in [2.05, 4.69) is 29.7 Å². The number of benzene rings is 2. The second-order valence-electron chi connectivity index (χ2n) is 9.57. The van der Waals surface area contributed by atoms with Gasteiger partial charge in [-0.15, -0.1) is 26.3 Å². The molecule has 5 rings (SSSR count). The van der Waals surface area contributed by atoms with Crippen LogP contribution in [0.15, 0.2) is 78.0 Å². The molecule has 1 amide bonds. The summed E-state index contributed by atoms with van der Waals surface area (Å²) in [6.07, 6.45) is -6.91. The zero-order valence-electron chi connectivity index (χ0n) is 22.8. The van der Waals surface area contributed by atoms with Gasteiger partial charge < -0.3 is 19.7 Å². The topological polar surface area (TPSA) is 127 Å². The molecule has 0 bridgehead atoms. The zero-order valence-corrected chi connectivity index (χ0v) is 23.6. The maximum absolute atomic E-state index is 13.7. The number of pyridine rings is 1. The molecule has 2 aromatic heterocycles. The van der Waals surface area contributed by atoms with Crippen molar-refractivity contribution in [3.63, 3.8) is 0 Å². The summed E-state index contributed by atoms with van der Waals surface area (Å²) in [4.78, 5) is 27.6. The number of aromatic nitrogens is 3. The van der Waals surface area contributed by atoms with E-state index >= 15 is 0 Å². The number of halogens is 6. The molecule has 0 unspecified atom stereocenters. The van der Waals surface area contributed by atoms with Gasteiger partial charge in [-0.05, 0) is 54.1 Å². The Morgan fingerprint density at radius 1 is 0.844 bits per heavy atom. The van der Waals surface area contributed by atoms with E-state index in [9.17, 15) is 39.6 Å². The van der Waals surface area contributed by atoms with Crippen molar-refractivity contribution in [3.05, 3.63) is 78.6 Å². The molecule has 0 saturated carbocycles. The van der Waals surface area contributed by atoms with Gasteiger partial charge in [0.15, 0.2) is 5.65 Å². The van der Waals surface area contributed by atoms with Gasteiger partial charge in [0, 0.05) is 38.6 Å². The molecule has 238 valence electrons. The third-order valence-electron chi connectivity index (χ3n) is 6.56. The van der Waals surface area contributed by atoms with Gasteiger partial charge in [0.25, 0.3) is 0 Å². The molecule has 18 heteroatoms. The molecule has 11 nitrogen and oxygen atoms in total. The van der Waals surface area contributed by atoms with Crippen molar-refractivity contribution in [2.75, 3.05) is 24.5 Å². The lowest BCUT2D eigenvalue weighted by Crippen LogP contribution is -2.60. The highest BCUT2D eigenvalue weighted by Gasteiger charge is 2.41. The van der Waals surface area contributed by atoms with E-state index < -0.39 is 46.2 Å². The number of nitrogens with zero attached hydrogens (tertiary/aromatic N) is 5. The molecule has 2 aromatic carbocycles. The number of piperazine rings is 1. The smallest absolute Gasteiger partial charge is 0.406 e. The van der Waals surface area contributed by atoms with Crippen molar-refractivity contribution in [1.29, 1.82) is 0 Å². The lowest BCUT2D eigenvalue weighted by molar-refractivity contribution is -0.275. The van der Waals surface area contributed by atoms with Crippen LogP contribution < -0.4 is 19.7 Å². The number of sulfonamides is 1. The van der Waals surface area contributed by atoms with Crippen molar-refractivity contribution in [2.24, 2.45) is 0 Å². The molecule has 1 saturated heterocycles. The van der Waals surface area contributed by atoms with Crippen LogP contribution in [0.2, 0.25) is 0 Å². The van der Waals surface area contributed by atoms with Crippen molar-refractivity contribution in [2.45, 2.75) is 30.2 Å². The summed E-state index contributed by atoms with van der Waals surface area (Å²) in [6, 6.07) is 10.2. The van der Waals surface area contributed by atoms with Gasteiger partial charge in [0.2, 0.25) is 15.9 Å². The number of rotatable bonds is 8. The maximum atomic E-state index is 13.7. The minimum Gasteiger partial charge on any atom is -0.406 e. The van der Waals surface area contributed by atoms with Gasteiger partial charge in [-0.3, -0.25) is 9.78 Å². The van der Waals surface area contributed by atoms with Crippen LogP contribution in [-0.2, 0) is 21.4 Å². The predicted octanol–water partition coefficient (Wildman–Crippen LogP) is 4.02. The molecule has 0 spiro atoms. The van der Waals surface area contributed by atoms with Gasteiger partial charge in [-0.2, -0.15) is 4.31 Å². The number of anilines is 1. The largest absolute Gasteiger partial charge is 0.573 e. The quantitative estimate of drug-likeness (QED) is 0.280. The van der Waals surface area contributed by atoms with E-state index in [1.54, 1.807) is 17.0 Å². The van der Waals surface area contributed by atoms with Gasteiger partial charge in [-0.25, -0.2) is 18.4 Å². The molecule has 0 radical (unpaired) electrons. The summed E-state index contributed by atoms with van der Waals surface area (Å²) < 4.78 is 111. The summed E-state index contributed by atoms with van der Waals surface area (Å²) in [5, 5.41) is 2.60. The number of nitrogens with one attached hydrogen (secondary N) is 1. The summed E-state index contributed by atoms with van der Waals surface area (Å²) >= 11 is 0. The van der Waals surface area contributed by atoms with E-state index in [0.29, 0.717) is 22.5 Å². The zero-order chi connectivity index (χ0) is 32.4. The van der Waals surface area contributed by atoms with Crippen molar-refractivity contribution < 1.29 is 49.0 Å². The van der Waals surface area contributed by atoms with Crippen LogP contribution in [0.3, 0.4) is 0 Å². The van der Waals surface area contributed by atoms with Gasteiger partial charge in [0.1, 0.15) is 28.9 Å². The Labute approximate surface area is 251 Å². The van der Waals surface area contributed by atoms with Crippen molar-refractivity contribution in [1.82, 2.24) is 24.6 Å². The Kier molecular flexibility index (Phi) is 8.70. The molecule has 1 aliphatic heterocycles.